The van der Waals surface area contributed by atoms with E-state index >= 15 is 0 Å². The summed E-state index contributed by atoms with van der Waals surface area (Å²) in [6, 6.07) is 20.5. The molecule has 1 amide bonds. The van der Waals surface area contributed by atoms with Crippen LogP contribution in [0.1, 0.15) is 23.1 Å². The molecule has 1 heterocycles. The van der Waals surface area contributed by atoms with Gasteiger partial charge in [0.2, 0.25) is 5.91 Å². The van der Waals surface area contributed by atoms with Gasteiger partial charge in [0.1, 0.15) is 11.5 Å². The third-order valence-corrected chi connectivity index (χ3v) is 6.13. The van der Waals surface area contributed by atoms with Gasteiger partial charge in [0.05, 0.1) is 31.8 Å². The average Bonchev–Trinajstić information content (AvgIpc) is 2.90. The Bertz CT molecular complexity index is 1500. The first-order valence-electron chi connectivity index (χ1n) is 11.7. The van der Waals surface area contributed by atoms with Crippen molar-refractivity contribution in [2.45, 2.75) is 33.0 Å². The molecular formula is C28H29N3O5. The Morgan fingerprint density at radius 1 is 0.861 bits per heavy atom. The highest BCUT2D eigenvalue weighted by Gasteiger charge is 2.15. The van der Waals surface area contributed by atoms with Gasteiger partial charge in [-0.2, -0.15) is 0 Å². The lowest BCUT2D eigenvalue weighted by Gasteiger charge is -2.15. The fraction of sp³-hybridized carbons (Fsp3) is 0.250. The second-order valence-electron chi connectivity index (χ2n) is 8.53. The van der Waals surface area contributed by atoms with Crippen molar-refractivity contribution >= 4 is 16.9 Å². The van der Waals surface area contributed by atoms with E-state index < -0.39 is 11.1 Å². The molecule has 0 spiro atoms. The summed E-state index contributed by atoms with van der Waals surface area (Å²) in [7, 11) is 3.13. The number of rotatable bonds is 9. The number of carbonyl (C=O) groups is 1. The van der Waals surface area contributed by atoms with Gasteiger partial charge in [-0.25, -0.2) is 0 Å². The molecule has 1 aromatic heterocycles. The molecule has 0 bridgehead atoms. The molecule has 36 heavy (non-hydrogen) atoms. The Morgan fingerprint density at radius 2 is 1.53 bits per heavy atom. The van der Waals surface area contributed by atoms with Gasteiger partial charge in [-0.05, 0) is 36.8 Å². The molecule has 186 valence electrons. The summed E-state index contributed by atoms with van der Waals surface area (Å²) in [4.78, 5) is 38.7. The summed E-state index contributed by atoms with van der Waals surface area (Å²) < 4.78 is 13.5. The van der Waals surface area contributed by atoms with Gasteiger partial charge < -0.3 is 19.4 Å². The largest absolute Gasteiger partial charge is 0.497 e. The molecule has 0 atom stereocenters. The number of aromatic nitrogens is 2. The lowest BCUT2D eigenvalue weighted by atomic mass is 10.1. The number of hydrogen-bond donors (Lipinski definition) is 1. The molecule has 8 heteroatoms. The standard InChI is InChI=1S/C28H29N3O5/c1-19-8-10-20(11-9-19)18-31-24-7-5-4-6-23(24)30(27(33)28(31)34)15-14-26(32)29-17-21-12-13-22(35-2)16-25(21)36-3/h4-13,16H,14-15,17-18H2,1-3H3,(H,29,32). The molecule has 8 nitrogen and oxygen atoms in total. The first-order valence-corrected chi connectivity index (χ1v) is 11.7. The lowest BCUT2D eigenvalue weighted by molar-refractivity contribution is -0.121. The molecule has 0 aliphatic heterocycles. The van der Waals surface area contributed by atoms with Crippen molar-refractivity contribution in [3.8, 4) is 11.5 Å². The summed E-state index contributed by atoms with van der Waals surface area (Å²) in [6.45, 7) is 2.64. The van der Waals surface area contributed by atoms with Crippen LogP contribution in [-0.4, -0.2) is 29.3 Å². The van der Waals surface area contributed by atoms with Gasteiger partial charge in [0.25, 0.3) is 0 Å². The second kappa shape index (κ2) is 10.9. The highest BCUT2D eigenvalue weighted by atomic mass is 16.5. The van der Waals surface area contributed by atoms with E-state index in [9.17, 15) is 14.4 Å². The van der Waals surface area contributed by atoms with Gasteiger partial charge in [-0.1, -0.05) is 42.0 Å². The Labute approximate surface area is 208 Å². The normalized spacial score (nSPS) is 10.9. The van der Waals surface area contributed by atoms with Crippen LogP contribution in [0.4, 0.5) is 0 Å². The van der Waals surface area contributed by atoms with Crippen LogP contribution >= 0.6 is 0 Å². The highest BCUT2D eigenvalue weighted by molar-refractivity contribution is 5.77. The van der Waals surface area contributed by atoms with Crippen LogP contribution in [-0.2, 0) is 24.4 Å². The molecule has 0 unspecified atom stereocenters. The van der Waals surface area contributed by atoms with E-state index in [2.05, 4.69) is 5.32 Å². The maximum absolute atomic E-state index is 13.1. The number of carbonyl (C=O) groups excluding carboxylic acids is 1. The molecule has 4 rings (SSSR count). The van der Waals surface area contributed by atoms with Gasteiger partial charge in [-0.15, -0.1) is 0 Å². The average molecular weight is 488 g/mol. The molecule has 0 radical (unpaired) electrons. The topological polar surface area (TPSA) is 91.6 Å². The Kier molecular flexibility index (Phi) is 7.53. The van der Waals surface area contributed by atoms with Crippen molar-refractivity contribution in [1.82, 2.24) is 14.5 Å². The predicted octanol–water partition coefficient (Wildman–Crippen LogP) is 3.24. The summed E-state index contributed by atoms with van der Waals surface area (Å²) in [5.41, 5.74) is 2.84. The van der Waals surface area contributed by atoms with E-state index in [0.717, 1.165) is 16.7 Å². The smallest absolute Gasteiger partial charge is 0.317 e. The van der Waals surface area contributed by atoms with Crippen LogP contribution in [0.3, 0.4) is 0 Å². The van der Waals surface area contributed by atoms with Gasteiger partial charge in [0.15, 0.2) is 0 Å². The molecule has 0 saturated carbocycles. The van der Waals surface area contributed by atoms with Crippen molar-refractivity contribution in [1.29, 1.82) is 0 Å². The van der Waals surface area contributed by atoms with Crippen LogP contribution < -0.4 is 25.9 Å². The van der Waals surface area contributed by atoms with E-state index in [4.69, 9.17) is 9.47 Å². The third kappa shape index (κ3) is 5.33. The van der Waals surface area contributed by atoms with Crippen LogP contribution in [0.2, 0.25) is 0 Å². The number of aryl methyl sites for hydroxylation is 2. The van der Waals surface area contributed by atoms with E-state index in [-0.39, 0.29) is 25.4 Å². The monoisotopic (exact) mass is 487 g/mol. The molecule has 4 aromatic rings. The number of hydrogen-bond acceptors (Lipinski definition) is 5. The first-order chi connectivity index (χ1) is 17.4. The third-order valence-electron chi connectivity index (χ3n) is 6.13. The van der Waals surface area contributed by atoms with Crippen molar-refractivity contribution in [2.24, 2.45) is 0 Å². The Hall–Kier alpha value is -4.33. The molecule has 0 aliphatic carbocycles. The number of para-hydroxylation sites is 2. The van der Waals surface area contributed by atoms with Gasteiger partial charge in [0, 0.05) is 31.1 Å². The summed E-state index contributed by atoms with van der Waals surface area (Å²) >= 11 is 0. The van der Waals surface area contributed by atoms with E-state index in [0.29, 0.717) is 29.1 Å². The number of benzene rings is 3. The van der Waals surface area contributed by atoms with Gasteiger partial charge >= 0.3 is 11.1 Å². The fourth-order valence-corrected chi connectivity index (χ4v) is 4.12. The minimum Gasteiger partial charge on any atom is -0.497 e. The summed E-state index contributed by atoms with van der Waals surface area (Å²) in [5, 5.41) is 2.85. The van der Waals surface area contributed by atoms with Crippen LogP contribution in [0, 0.1) is 6.92 Å². The molecule has 3 aromatic carbocycles. The number of nitrogens with zero attached hydrogens (tertiary/aromatic N) is 2. The van der Waals surface area contributed by atoms with Crippen molar-refractivity contribution < 1.29 is 14.3 Å². The minimum absolute atomic E-state index is 0.0454. The number of methoxy groups -OCH3 is 2. The molecule has 0 aliphatic rings. The molecule has 1 N–H and O–H groups in total. The van der Waals surface area contributed by atoms with E-state index in [1.165, 1.54) is 9.13 Å². The number of amides is 1. The van der Waals surface area contributed by atoms with Gasteiger partial charge in [-0.3, -0.25) is 19.0 Å². The van der Waals surface area contributed by atoms with Crippen molar-refractivity contribution in [2.75, 3.05) is 14.2 Å². The SMILES string of the molecule is COc1ccc(CNC(=O)CCn2c(=O)c(=O)n(Cc3ccc(C)cc3)c3ccccc32)c(OC)c1. The zero-order chi connectivity index (χ0) is 25.7. The number of fused-ring (bicyclic) bond motifs is 1. The van der Waals surface area contributed by atoms with Crippen LogP contribution in [0.15, 0.2) is 76.3 Å². The quantitative estimate of drug-likeness (QED) is 0.366. The van der Waals surface area contributed by atoms with Crippen LogP contribution in [0.25, 0.3) is 11.0 Å². The zero-order valence-corrected chi connectivity index (χ0v) is 20.6. The highest BCUT2D eigenvalue weighted by Crippen LogP contribution is 2.24. The Balaban J connectivity index is 1.53. The lowest BCUT2D eigenvalue weighted by Crippen LogP contribution is -2.42. The zero-order valence-electron chi connectivity index (χ0n) is 20.6. The van der Waals surface area contributed by atoms with E-state index in [1.54, 1.807) is 32.4 Å². The minimum atomic E-state index is -0.648. The van der Waals surface area contributed by atoms with Crippen molar-refractivity contribution in [3.05, 3.63) is 104 Å². The predicted molar refractivity (Wildman–Crippen MR) is 139 cm³/mol. The number of nitrogens with one attached hydrogen (secondary N) is 1. The maximum atomic E-state index is 13.1. The molecular weight excluding hydrogens is 458 g/mol. The molecule has 0 fully saturated rings. The van der Waals surface area contributed by atoms with E-state index in [1.807, 2.05) is 55.5 Å². The number of ether oxygens (including phenoxy) is 2. The summed E-state index contributed by atoms with van der Waals surface area (Å²) in [6.07, 6.45) is 0.0454. The second-order valence-corrected chi connectivity index (χ2v) is 8.53. The fourth-order valence-electron chi connectivity index (χ4n) is 4.12. The maximum Gasteiger partial charge on any atom is 0.317 e. The summed E-state index contributed by atoms with van der Waals surface area (Å²) in [5.74, 6) is 1.02. The Morgan fingerprint density at radius 3 is 2.19 bits per heavy atom. The first kappa shape index (κ1) is 24.8. The molecule has 0 saturated heterocycles. The van der Waals surface area contributed by atoms with Crippen LogP contribution in [0.5, 0.6) is 11.5 Å². The van der Waals surface area contributed by atoms with Crippen molar-refractivity contribution in [3.63, 3.8) is 0 Å².